The van der Waals surface area contributed by atoms with E-state index in [9.17, 15) is 9.59 Å². The summed E-state index contributed by atoms with van der Waals surface area (Å²) in [6.45, 7) is 7.07. The zero-order valence-corrected chi connectivity index (χ0v) is 17.5. The van der Waals surface area contributed by atoms with Gasteiger partial charge in [-0.15, -0.1) is 0 Å². The van der Waals surface area contributed by atoms with Gasteiger partial charge >= 0.3 is 11.9 Å². The minimum Gasteiger partial charge on any atom is -0.466 e. The minimum atomic E-state index is -0.420. The average molecular weight is 371 g/mol. The van der Waals surface area contributed by atoms with Gasteiger partial charge in [-0.2, -0.15) is 0 Å². The second-order valence-corrected chi connectivity index (χ2v) is 7.38. The number of carbonyl (C=O) groups excluding carboxylic acids is 2. The highest BCUT2D eigenvalue weighted by molar-refractivity contribution is 5.79. The van der Waals surface area contributed by atoms with Crippen LogP contribution in [0.4, 0.5) is 0 Å². The summed E-state index contributed by atoms with van der Waals surface area (Å²) in [5.41, 5.74) is 0. The van der Waals surface area contributed by atoms with Crippen LogP contribution in [0.5, 0.6) is 0 Å². The monoisotopic (exact) mass is 370 g/mol. The Balaban J connectivity index is 3.54. The Hall–Kier alpha value is -1.06. The highest BCUT2D eigenvalue weighted by atomic mass is 16.5. The van der Waals surface area contributed by atoms with Crippen molar-refractivity contribution in [1.82, 2.24) is 0 Å². The number of esters is 2. The molecule has 0 rings (SSSR count). The van der Waals surface area contributed by atoms with Crippen molar-refractivity contribution >= 4 is 11.9 Å². The molecule has 26 heavy (non-hydrogen) atoms. The molecule has 4 heteroatoms. The molecule has 0 spiro atoms. The second-order valence-electron chi connectivity index (χ2n) is 7.38. The van der Waals surface area contributed by atoms with Gasteiger partial charge in [-0.05, 0) is 12.8 Å². The van der Waals surface area contributed by atoms with Crippen molar-refractivity contribution in [1.29, 1.82) is 0 Å². The fourth-order valence-electron chi connectivity index (χ4n) is 2.83. The Labute approximate surface area is 161 Å². The molecule has 0 amide bonds. The number of rotatable bonds is 18. The van der Waals surface area contributed by atoms with Crippen LogP contribution in [-0.4, -0.2) is 25.2 Å². The molecule has 1 unspecified atom stereocenters. The molecule has 0 saturated heterocycles. The van der Waals surface area contributed by atoms with E-state index in [1.807, 2.05) is 0 Å². The largest absolute Gasteiger partial charge is 0.466 e. The van der Waals surface area contributed by atoms with Gasteiger partial charge in [0.1, 0.15) is 0 Å². The molecule has 0 aliphatic heterocycles. The Kier molecular flexibility index (Phi) is 18.0. The Morgan fingerprint density at radius 1 is 0.654 bits per heavy atom. The van der Waals surface area contributed by atoms with Crippen LogP contribution in [0.3, 0.4) is 0 Å². The molecule has 0 saturated carbocycles. The molecule has 0 bridgehead atoms. The van der Waals surface area contributed by atoms with E-state index < -0.39 is 5.92 Å². The zero-order chi connectivity index (χ0) is 19.5. The van der Waals surface area contributed by atoms with Crippen LogP contribution in [-0.2, 0) is 19.1 Å². The van der Waals surface area contributed by atoms with E-state index in [4.69, 9.17) is 9.47 Å². The summed E-state index contributed by atoms with van der Waals surface area (Å²) < 4.78 is 10.5. The van der Waals surface area contributed by atoms with Crippen LogP contribution in [0.1, 0.15) is 111 Å². The summed E-state index contributed by atoms with van der Waals surface area (Å²) in [6, 6.07) is 0. The van der Waals surface area contributed by atoms with Crippen LogP contribution < -0.4 is 0 Å². The summed E-state index contributed by atoms with van der Waals surface area (Å²) in [4.78, 5) is 23.7. The highest BCUT2D eigenvalue weighted by Crippen LogP contribution is 2.10. The molecule has 0 aromatic carbocycles. The molecule has 0 aromatic rings. The fraction of sp³-hybridized carbons (Fsp3) is 0.909. The van der Waals surface area contributed by atoms with Gasteiger partial charge in [0.05, 0.1) is 25.6 Å². The first kappa shape index (κ1) is 24.9. The summed E-state index contributed by atoms with van der Waals surface area (Å²) in [6.07, 6.45) is 15.5. The third-order valence-electron chi connectivity index (χ3n) is 4.63. The maximum absolute atomic E-state index is 11.9. The number of unbranched alkanes of at least 4 members (excludes halogenated alkanes) is 11. The van der Waals surface area contributed by atoms with Gasteiger partial charge in [-0.1, -0.05) is 91.4 Å². The van der Waals surface area contributed by atoms with E-state index in [1.54, 1.807) is 6.92 Å². The topological polar surface area (TPSA) is 52.6 Å². The zero-order valence-electron chi connectivity index (χ0n) is 17.5. The normalized spacial score (nSPS) is 12.0. The lowest BCUT2D eigenvalue weighted by molar-refractivity contribution is -0.154. The van der Waals surface area contributed by atoms with Crippen molar-refractivity contribution in [2.45, 2.75) is 111 Å². The van der Waals surface area contributed by atoms with Gasteiger partial charge in [-0.3, -0.25) is 9.59 Å². The minimum absolute atomic E-state index is 0.117. The number of ether oxygens (including phenoxy) is 2. The summed E-state index contributed by atoms with van der Waals surface area (Å²) in [5, 5.41) is 0. The smallest absolute Gasteiger partial charge is 0.309 e. The van der Waals surface area contributed by atoms with Crippen molar-refractivity contribution in [3.8, 4) is 0 Å². The second kappa shape index (κ2) is 18.7. The van der Waals surface area contributed by atoms with Crippen molar-refractivity contribution in [3.05, 3.63) is 0 Å². The molecule has 0 aliphatic rings. The molecule has 4 nitrogen and oxygen atoms in total. The predicted octanol–water partition coefficient (Wildman–Crippen LogP) is 6.21. The van der Waals surface area contributed by atoms with Crippen molar-refractivity contribution in [3.63, 3.8) is 0 Å². The van der Waals surface area contributed by atoms with Crippen LogP contribution in [0.25, 0.3) is 0 Å². The van der Waals surface area contributed by atoms with E-state index in [2.05, 4.69) is 13.8 Å². The number of carbonyl (C=O) groups is 2. The van der Waals surface area contributed by atoms with E-state index in [0.29, 0.717) is 13.2 Å². The highest BCUT2D eigenvalue weighted by Gasteiger charge is 2.19. The van der Waals surface area contributed by atoms with Gasteiger partial charge in [-0.25, -0.2) is 0 Å². The van der Waals surface area contributed by atoms with Gasteiger partial charge in [0.2, 0.25) is 0 Å². The maximum atomic E-state index is 11.9. The quantitative estimate of drug-likeness (QED) is 0.212. The molecule has 0 aromatic heterocycles. The first-order valence-corrected chi connectivity index (χ1v) is 10.9. The maximum Gasteiger partial charge on any atom is 0.309 e. The lowest BCUT2D eigenvalue weighted by Gasteiger charge is -2.11. The van der Waals surface area contributed by atoms with E-state index in [-0.39, 0.29) is 18.4 Å². The van der Waals surface area contributed by atoms with Gasteiger partial charge in [0.15, 0.2) is 0 Å². The molecule has 0 N–H and O–H groups in total. The van der Waals surface area contributed by atoms with Crippen molar-refractivity contribution < 1.29 is 19.1 Å². The lowest BCUT2D eigenvalue weighted by Crippen LogP contribution is -2.20. The standard InChI is InChI=1S/C22H42O4/c1-4-6-8-10-12-14-15-17-25-21(23)19-20(3)22(24)26-18-16-13-11-9-7-5-2/h20H,4-19H2,1-3H3. The Bertz CT molecular complexity index is 341. The van der Waals surface area contributed by atoms with Crippen LogP contribution in [0.15, 0.2) is 0 Å². The number of hydrogen-bond acceptors (Lipinski definition) is 4. The molecule has 0 aliphatic carbocycles. The molecular weight excluding hydrogens is 328 g/mol. The van der Waals surface area contributed by atoms with Gasteiger partial charge < -0.3 is 9.47 Å². The Morgan fingerprint density at radius 3 is 1.58 bits per heavy atom. The third kappa shape index (κ3) is 16.4. The summed E-state index contributed by atoms with van der Waals surface area (Å²) in [5.74, 6) is -0.997. The molecule has 0 heterocycles. The van der Waals surface area contributed by atoms with Gasteiger partial charge in [0.25, 0.3) is 0 Å². The predicted molar refractivity (Wildman–Crippen MR) is 107 cm³/mol. The first-order chi connectivity index (χ1) is 12.6. The molecule has 154 valence electrons. The Morgan fingerprint density at radius 2 is 1.08 bits per heavy atom. The summed E-state index contributed by atoms with van der Waals surface area (Å²) in [7, 11) is 0. The lowest BCUT2D eigenvalue weighted by atomic mass is 10.1. The van der Waals surface area contributed by atoms with E-state index in [1.165, 1.54) is 57.8 Å². The third-order valence-corrected chi connectivity index (χ3v) is 4.63. The summed E-state index contributed by atoms with van der Waals surface area (Å²) >= 11 is 0. The van der Waals surface area contributed by atoms with E-state index >= 15 is 0 Å². The van der Waals surface area contributed by atoms with Gasteiger partial charge in [0, 0.05) is 0 Å². The van der Waals surface area contributed by atoms with Crippen molar-refractivity contribution in [2.75, 3.05) is 13.2 Å². The molecule has 0 radical (unpaired) electrons. The van der Waals surface area contributed by atoms with Crippen LogP contribution >= 0.6 is 0 Å². The van der Waals surface area contributed by atoms with Crippen LogP contribution in [0.2, 0.25) is 0 Å². The molecular formula is C22H42O4. The number of hydrogen-bond donors (Lipinski definition) is 0. The first-order valence-electron chi connectivity index (χ1n) is 10.9. The molecule has 1 atom stereocenters. The van der Waals surface area contributed by atoms with E-state index in [0.717, 1.165) is 25.7 Å². The molecule has 0 fully saturated rings. The average Bonchev–Trinajstić information content (AvgIpc) is 2.62. The fourth-order valence-corrected chi connectivity index (χ4v) is 2.83. The SMILES string of the molecule is CCCCCCCCCOC(=O)CC(C)C(=O)OCCCCCCCC. The van der Waals surface area contributed by atoms with Crippen molar-refractivity contribution in [2.24, 2.45) is 5.92 Å². The van der Waals surface area contributed by atoms with Crippen LogP contribution in [0, 0.1) is 5.92 Å².